The van der Waals surface area contributed by atoms with Crippen LogP contribution in [0, 0.1) is 22.3 Å². The van der Waals surface area contributed by atoms with Crippen LogP contribution in [0.3, 0.4) is 0 Å². The molecule has 0 heterocycles. The van der Waals surface area contributed by atoms with Crippen molar-refractivity contribution >= 4 is 11.8 Å². The van der Waals surface area contributed by atoms with E-state index in [0.717, 1.165) is 77.0 Å². The number of carbonyl (C=O) groups is 2. The number of amides is 2. The second-order valence-corrected chi connectivity index (χ2v) is 7.95. The molecule has 0 aromatic heterocycles. The number of nitrogens with one attached hydrogen (secondary N) is 2. The lowest BCUT2D eigenvalue weighted by atomic mass is 9.94. The van der Waals surface area contributed by atoms with Gasteiger partial charge in [0.15, 0.2) is 6.19 Å². The molecule has 2 fully saturated rings. The quantitative estimate of drug-likeness (QED) is 0.267. The molecule has 26 heavy (non-hydrogen) atoms. The number of nitrogens with zero attached hydrogens (tertiary/aromatic N) is 1. The highest BCUT2D eigenvalue weighted by Gasteiger charge is 2.49. The molecule has 144 valence electrons. The maximum absolute atomic E-state index is 11.9. The molecule has 6 nitrogen and oxygen atoms in total. The number of rotatable bonds is 13. The number of hydrogen-bond donors (Lipinski definition) is 3. The first-order valence-corrected chi connectivity index (χ1v) is 9.77. The highest BCUT2D eigenvalue weighted by Crippen LogP contribution is 2.51. The third-order valence-corrected chi connectivity index (χ3v) is 5.96. The van der Waals surface area contributed by atoms with Crippen LogP contribution in [0.25, 0.3) is 0 Å². The SMILES string of the molecule is C=CNC(=O)C1(CCCCC(O)CCCCC2(C(=O)NC#N)CC2)CC1. The fourth-order valence-corrected chi connectivity index (χ4v) is 3.74. The molecule has 0 radical (unpaired) electrons. The van der Waals surface area contributed by atoms with Crippen molar-refractivity contribution in [1.82, 2.24) is 10.6 Å². The molecule has 3 N–H and O–H groups in total. The van der Waals surface area contributed by atoms with Crippen molar-refractivity contribution in [2.75, 3.05) is 0 Å². The van der Waals surface area contributed by atoms with Crippen LogP contribution < -0.4 is 10.6 Å². The van der Waals surface area contributed by atoms with Crippen LogP contribution in [-0.4, -0.2) is 23.0 Å². The third-order valence-electron chi connectivity index (χ3n) is 5.96. The summed E-state index contributed by atoms with van der Waals surface area (Å²) in [4.78, 5) is 23.7. The maximum atomic E-state index is 11.9. The Bertz CT molecular complexity index is 559. The largest absolute Gasteiger partial charge is 0.393 e. The first kappa shape index (κ1) is 20.4. The summed E-state index contributed by atoms with van der Waals surface area (Å²) < 4.78 is 0. The molecule has 0 spiro atoms. The Hall–Kier alpha value is -1.87. The van der Waals surface area contributed by atoms with Crippen molar-refractivity contribution in [3.8, 4) is 6.19 Å². The summed E-state index contributed by atoms with van der Waals surface area (Å²) in [7, 11) is 0. The predicted molar refractivity (Wildman–Crippen MR) is 98.4 cm³/mol. The molecule has 0 aromatic rings. The minimum Gasteiger partial charge on any atom is -0.393 e. The Morgan fingerprint density at radius 1 is 1.04 bits per heavy atom. The van der Waals surface area contributed by atoms with Gasteiger partial charge in [-0.05, 0) is 57.6 Å². The zero-order valence-corrected chi connectivity index (χ0v) is 15.6. The van der Waals surface area contributed by atoms with Gasteiger partial charge in [-0.15, -0.1) is 0 Å². The fourth-order valence-electron chi connectivity index (χ4n) is 3.74. The van der Waals surface area contributed by atoms with E-state index in [-0.39, 0.29) is 28.7 Å². The van der Waals surface area contributed by atoms with Crippen LogP contribution in [0.5, 0.6) is 0 Å². The fraction of sp³-hybridized carbons (Fsp3) is 0.750. The summed E-state index contributed by atoms with van der Waals surface area (Å²) in [5.41, 5.74) is -0.493. The van der Waals surface area contributed by atoms with Crippen molar-refractivity contribution in [2.45, 2.75) is 83.2 Å². The molecule has 0 bridgehead atoms. The average molecular weight is 361 g/mol. The van der Waals surface area contributed by atoms with Crippen molar-refractivity contribution in [1.29, 1.82) is 5.26 Å². The van der Waals surface area contributed by atoms with Gasteiger partial charge in [0, 0.05) is 5.41 Å². The number of aliphatic hydroxyl groups is 1. The van der Waals surface area contributed by atoms with E-state index < -0.39 is 0 Å². The Balaban J connectivity index is 1.51. The zero-order chi connectivity index (χ0) is 19.0. The molecule has 0 aromatic carbocycles. The Morgan fingerprint density at radius 3 is 1.96 bits per heavy atom. The van der Waals surface area contributed by atoms with Gasteiger partial charge in [0.1, 0.15) is 0 Å². The van der Waals surface area contributed by atoms with Crippen LogP contribution >= 0.6 is 0 Å². The number of hydrogen-bond acceptors (Lipinski definition) is 4. The molecule has 1 atom stereocenters. The molecule has 0 saturated heterocycles. The van der Waals surface area contributed by atoms with Gasteiger partial charge in [0.25, 0.3) is 0 Å². The molecule has 0 aliphatic heterocycles. The molecule has 2 rings (SSSR count). The Kier molecular flexibility index (Phi) is 7.22. The van der Waals surface area contributed by atoms with Gasteiger partial charge in [-0.3, -0.25) is 14.9 Å². The number of carbonyl (C=O) groups excluding carboxylic acids is 2. The van der Waals surface area contributed by atoms with Crippen molar-refractivity contribution in [2.24, 2.45) is 10.8 Å². The summed E-state index contributed by atoms with van der Waals surface area (Å²) in [6.07, 6.45) is 13.4. The standard InChI is InChI=1S/C20H31N3O3/c1-2-22-17(25)19(11-12-19)9-5-3-7-16(24)8-4-6-10-20(13-14-20)18(26)23-15-21/h2,16,24H,1,3-14H2,(H,22,25)(H,23,26). The van der Waals surface area contributed by atoms with Gasteiger partial charge in [0.05, 0.1) is 11.5 Å². The van der Waals surface area contributed by atoms with Gasteiger partial charge in [-0.2, -0.15) is 5.26 Å². The van der Waals surface area contributed by atoms with E-state index >= 15 is 0 Å². The van der Waals surface area contributed by atoms with E-state index in [1.165, 1.54) is 6.20 Å². The summed E-state index contributed by atoms with van der Waals surface area (Å²) in [6.45, 7) is 3.53. The van der Waals surface area contributed by atoms with Crippen molar-refractivity contribution in [3.05, 3.63) is 12.8 Å². The van der Waals surface area contributed by atoms with Crippen molar-refractivity contribution < 1.29 is 14.7 Å². The summed E-state index contributed by atoms with van der Waals surface area (Å²) >= 11 is 0. The average Bonchev–Trinajstić information content (AvgIpc) is 3.52. The summed E-state index contributed by atoms with van der Waals surface area (Å²) in [5.74, 6) is -0.0578. The van der Waals surface area contributed by atoms with Crippen molar-refractivity contribution in [3.63, 3.8) is 0 Å². The van der Waals surface area contributed by atoms with Gasteiger partial charge < -0.3 is 10.4 Å². The van der Waals surface area contributed by atoms with Crippen LogP contribution in [0.15, 0.2) is 12.8 Å². The molecule has 2 saturated carbocycles. The topological polar surface area (TPSA) is 102 Å². The molecule has 1 unspecified atom stereocenters. The summed E-state index contributed by atoms with van der Waals surface area (Å²) in [6, 6.07) is 0. The van der Waals surface area contributed by atoms with E-state index in [1.807, 2.05) is 0 Å². The number of unbranched alkanes of at least 4 members (excludes halogenated alkanes) is 2. The van der Waals surface area contributed by atoms with E-state index in [2.05, 4.69) is 17.2 Å². The zero-order valence-electron chi connectivity index (χ0n) is 15.6. The lowest BCUT2D eigenvalue weighted by Crippen LogP contribution is -2.28. The van der Waals surface area contributed by atoms with E-state index in [9.17, 15) is 14.7 Å². The van der Waals surface area contributed by atoms with Gasteiger partial charge in [-0.1, -0.05) is 32.3 Å². The monoisotopic (exact) mass is 361 g/mol. The highest BCUT2D eigenvalue weighted by atomic mass is 16.3. The van der Waals surface area contributed by atoms with E-state index in [0.29, 0.717) is 0 Å². The molecule has 2 aliphatic carbocycles. The third kappa shape index (κ3) is 5.57. The molecular weight excluding hydrogens is 330 g/mol. The van der Waals surface area contributed by atoms with E-state index in [1.54, 1.807) is 6.19 Å². The lowest BCUT2D eigenvalue weighted by molar-refractivity contribution is -0.126. The summed E-state index contributed by atoms with van der Waals surface area (Å²) in [5, 5.41) is 23.6. The molecular formula is C20H31N3O3. The lowest BCUT2D eigenvalue weighted by Gasteiger charge is -2.15. The Morgan fingerprint density at radius 2 is 1.54 bits per heavy atom. The van der Waals surface area contributed by atoms with Crippen LogP contribution in [-0.2, 0) is 9.59 Å². The number of nitriles is 1. The maximum Gasteiger partial charge on any atom is 0.239 e. The normalized spacial score (nSPS) is 19.7. The molecule has 6 heteroatoms. The second-order valence-electron chi connectivity index (χ2n) is 7.95. The minimum absolute atomic E-state index is 0.0856. The van der Waals surface area contributed by atoms with Gasteiger partial charge >= 0.3 is 0 Å². The molecule has 2 aliphatic rings. The van der Waals surface area contributed by atoms with Gasteiger partial charge in [0.2, 0.25) is 11.8 Å². The van der Waals surface area contributed by atoms with Crippen LogP contribution in [0.4, 0.5) is 0 Å². The van der Waals surface area contributed by atoms with Crippen LogP contribution in [0.2, 0.25) is 0 Å². The number of aliphatic hydroxyl groups excluding tert-OH is 1. The smallest absolute Gasteiger partial charge is 0.239 e. The highest BCUT2D eigenvalue weighted by molar-refractivity contribution is 5.86. The molecule has 2 amide bonds. The first-order valence-electron chi connectivity index (χ1n) is 9.77. The van der Waals surface area contributed by atoms with Gasteiger partial charge in [-0.25, -0.2) is 0 Å². The second kappa shape index (κ2) is 9.18. The van der Waals surface area contributed by atoms with Crippen LogP contribution in [0.1, 0.15) is 77.0 Å². The van der Waals surface area contributed by atoms with E-state index in [4.69, 9.17) is 5.26 Å². The first-order chi connectivity index (χ1) is 12.5. The Labute approximate surface area is 156 Å². The minimum atomic E-state index is -0.314. The predicted octanol–water partition coefficient (Wildman–Crippen LogP) is 2.89.